The van der Waals surface area contributed by atoms with E-state index in [1.807, 2.05) is 0 Å². The summed E-state index contributed by atoms with van der Waals surface area (Å²) in [4.78, 5) is 0. The van der Waals surface area contributed by atoms with Gasteiger partial charge in [-0.15, -0.1) is 0 Å². The summed E-state index contributed by atoms with van der Waals surface area (Å²) < 4.78 is 0. The third-order valence-corrected chi connectivity index (χ3v) is 2.65. The van der Waals surface area contributed by atoms with Crippen LogP contribution in [0.3, 0.4) is 0 Å². The van der Waals surface area contributed by atoms with E-state index < -0.39 is 0 Å². The Kier molecular flexibility index (Phi) is 2.30. The Labute approximate surface area is 78.5 Å². The number of benzene rings is 1. The highest BCUT2D eigenvalue weighted by molar-refractivity contribution is 5.82. The number of hydrazone groups is 1. The van der Waals surface area contributed by atoms with Gasteiger partial charge < -0.3 is 5.84 Å². The molecule has 0 saturated carbocycles. The van der Waals surface area contributed by atoms with Crippen molar-refractivity contribution in [1.29, 1.82) is 0 Å². The van der Waals surface area contributed by atoms with Crippen LogP contribution in [0.1, 0.15) is 29.5 Å². The van der Waals surface area contributed by atoms with Gasteiger partial charge in [0.1, 0.15) is 0 Å². The molecule has 0 aliphatic heterocycles. The summed E-state index contributed by atoms with van der Waals surface area (Å²) in [7, 11) is 0. The Balaban J connectivity index is 2.45. The van der Waals surface area contributed by atoms with Crippen molar-refractivity contribution in [3.05, 3.63) is 34.9 Å². The maximum atomic E-state index is 5.16. The minimum Gasteiger partial charge on any atom is -0.323 e. The zero-order valence-electron chi connectivity index (χ0n) is 7.66. The summed E-state index contributed by atoms with van der Waals surface area (Å²) in [5, 5.41) is 3.59. The molecule has 0 saturated heterocycles. The van der Waals surface area contributed by atoms with Gasteiger partial charge in [0, 0.05) is 0 Å². The lowest BCUT2D eigenvalue weighted by Crippen LogP contribution is -2.06. The van der Waals surface area contributed by atoms with Crippen LogP contribution in [-0.2, 0) is 12.8 Å². The summed E-state index contributed by atoms with van der Waals surface area (Å²) in [5.74, 6) is 5.16. The Bertz CT molecular complexity index is 329. The first-order valence-electron chi connectivity index (χ1n) is 4.76. The Morgan fingerprint density at radius 1 is 1.23 bits per heavy atom. The summed E-state index contributed by atoms with van der Waals surface area (Å²) in [6, 6.07) is 6.38. The lowest BCUT2D eigenvalue weighted by atomic mass is 9.89. The van der Waals surface area contributed by atoms with E-state index in [9.17, 15) is 0 Å². The minimum atomic E-state index is 1.18. The van der Waals surface area contributed by atoms with Crippen LogP contribution in [0.2, 0.25) is 0 Å². The van der Waals surface area contributed by atoms with Crippen LogP contribution in [0, 0.1) is 0 Å². The molecule has 1 aliphatic carbocycles. The Morgan fingerprint density at radius 2 is 2.08 bits per heavy atom. The highest BCUT2D eigenvalue weighted by atomic mass is 15.1. The molecule has 0 radical (unpaired) electrons. The lowest BCUT2D eigenvalue weighted by Gasteiger charge is -2.17. The van der Waals surface area contributed by atoms with Gasteiger partial charge >= 0.3 is 0 Å². The maximum Gasteiger partial charge on any atom is 0.0540 e. The molecule has 0 aromatic heterocycles. The second-order valence-corrected chi connectivity index (χ2v) is 3.47. The van der Waals surface area contributed by atoms with Crippen molar-refractivity contribution < 1.29 is 0 Å². The van der Waals surface area contributed by atoms with Gasteiger partial charge in [-0.1, -0.05) is 18.2 Å². The molecular weight excluding hydrogens is 160 g/mol. The average molecular weight is 174 g/mol. The number of hydrogen-bond acceptors (Lipinski definition) is 2. The van der Waals surface area contributed by atoms with E-state index in [2.05, 4.69) is 23.3 Å². The largest absolute Gasteiger partial charge is 0.323 e. The smallest absolute Gasteiger partial charge is 0.0540 e. The van der Waals surface area contributed by atoms with E-state index in [1.54, 1.807) is 6.21 Å². The van der Waals surface area contributed by atoms with Gasteiger partial charge in [-0.05, 0) is 42.4 Å². The molecule has 1 aromatic carbocycles. The van der Waals surface area contributed by atoms with Crippen LogP contribution in [0.5, 0.6) is 0 Å². The number of aryl methyl sites for hydroxylation is 1. The SMILES string of the molecule is N/N=C/c1cccc2c1CCCC2. The first kappa shape index (κ1) is 8.30. The minimum absolute atomic E-state index is 1.18. The van der Waals surface area contributed by atoms with Crippen LogP contribution in [0.25, 0.3) is 0 Å². The van der Waals surface area contributed by atoms with Crippen molar-refractivity contribution in [2.75, 3.05) is 0 Å². The van der Waals surface area contributed by atoms with Crippen molar-refractivity contribution in [3.63, 3.8) is 0 Å². The number of rotatable bonds is 1. The van der Waals surface area contributed by atoms with Crippen LogP contribution in [0.15, 0.2) is 23.3 Å². The Morgan fingerprint density at radius 3 is 2.92 bits per heavy atom. The molecule has 1 aromatic rings. The van der Waals surface area contributed by atoms with E-state index in [-0.39, 0.29) is 0 Å². The maximum absolute atomic E-state index is 5.16. The first-order valence-corrected chi connectivity index (χ1v) is 4.76. The molecule has 2 nitrogen and oxygen atoms in total. The summed E-state index contributed by atoms with van der Waals surface area (Å²) in [6.45, 7) is 0. The van der Waals surface area contributed by atoms with Gasteiger partial charge in [0.15, 0.2) is 0 Å². The highest BCUT2D eigenvalue weighted by Gasteiger charge is 2.10. The lowest BCUT2D eigenvalue weighted by molar-refractivity contribution is 0.685. The second-order valence-electron chi connectivity index (χ2n) is 3.47. The van der Waals surface area contributed by atoms with Gasteiger partial charge in [-0.2, -0.15) is 5.10 Å². The first-order chi connectivity index (χ1) is 6.42. The van der Waals surface area contributed by atoms with Crippen molar-refractivity contribution in [2.24, 2.45) is 10.9 Å². The number of hydrogen-bond donors (Lipinski definition) is 1. The van der Waals surface area contributed by atoms with E-state index >= 15 is 0 Å². The van der Waals surface area contributed by atoms with E-state index in [0.29, 0.717) is 0 Å². The zero-order chi connectivity index (χ0) is 9.10. The second kappa shape index (κ2) is 3.60. The van der Waals surface area contributed by atoms with Gasteiger partial charge in [-0.3, -0.25) is 0 Å². The number of nitrogens with two attached hydrogens (primary N) is 1. The van der Waals surface area contributed by atoms with E-state index in [0.717, 1.165) is 0 Å². The van der Waals surface area contributed by atoms with Crippen molar-refractivity contribution >= 4 is 6.21 Å². The molecule has 0 bridgehead atoms. The van der Waals surface area contributed by atoms with Crippen molar-refractivity contribution in [3.8, 4) is 0 Å². The molecule has 0 atom stereocenters. The van der Waals surface area contributed by atoms with Crippen molar-refractivity contribution in [1.82, 2.24) is 0 Å². The van der Waals surface area contributed by atoms with Gasteiger partial charge in [-0.25, -0.2) is 0 Å². The third kappa shape index (κ3) is 1.57. The van der Waals surface area contributed by atoms with Gasteiger partial charge in [0.05, 0.1) is 6.21 Å². The monoisotopic (exact) mass is 174 g/mol. The molecule has 0 unspecified atom stereocenters. The topological polar surface area (TPSA) is 38.4 Å². The van der Waals surface area contributed by atoms with Gasteiger partial charge in [0.25, 0.3) is 0 Å². The average Bonchev–Trinajstić information content (AvgIpc) is 2.19. The summed E-state index contributed by atoms with van der Waals surface area (Å²) in [5.41, 5.74) is 4.12. The van der Waals surface area contributed by atoms with E-state index in [4.69, 9.17) is 5.84 Å². The normalized spacial score (nSPS) is 16.0. The molecular formula is C11H14N2. The van der Waals surface area contributed by atoms with Crippen molar-refractivity contribution in [2.45, 2.75) is 25.7 Å². The molecule has 0 heterocycles. The predicted octanol–water partition coefficient (Wildman–Crippen LogP) is 1.86. The fraction of sp³-hybridized carbons (Fsp3) is 0.364. The summed E-state index contributed by atoms with van der Waals surface area (Å²) >= 11 is 0. The van der Waals surface area contributed by atoms with Crippen LogP contribution in [0.4, 0.5) is 0 Å². The summed E-state index contributed by atoms with van der Waals surface area (Å²) in [6.07, 6.45) is 6.75. The van der Waals surface area contributed by atoms with Gasteiger partial charge in [0.2, 0.25) is 0 Å². The fourth-order valence-corrected chi connectivity index (χ4v) is 2.01. The molecule has 13 heavy (non-hydrogen) atoms. The predicted molar refractivity (Wildman–Crippen MR) is 54.9 cm³/mol. The van der Waals surface area contributed by atoms with Crippen LogP contribution >= 0.6 is 0 Å². The number of nitrogens with zero attached hydrogens (tertiary/aromatic N) is 1. The molecule has 2 heteroatoms. The fourth-order valence-electron chi connectivity index (χ4n) is 2.01. The third-order valence-electron chi connectivity index (χ3n) is 2.65. The Hall–Kier alpha value is -1.31. The molecule has 0 spiro atoms. The quantitative estimate of drug-likeness (QED) is 0.394. The molecule has 2 N–H and O–H groups in total. The zero-order valence-corrected chi connectivity index (χ0v) is 7.66. The van der Waals surface area contributed by atoms with E-state index in [1.165, 1.54) is 42.4 Å². The van der Waals surface area contributed by atoms with Crippen LogP contribution in [-0.4, -0.2) is 6.21 Å². The standard InChI is InChI=1S/C11H14N2/c12-13-8-10-6-3-5-9-4-1-2-7-11(9)10/h3,5-6,8H,1-2,4,7,12H2/b13-8+. The molecule has 0 amide bonds. The highest BCUT2D eigenvalue weighted by Crippen LogP contribution is 2.23. The number of fused-ring (bicyclic) bond motifs is 1. The molecule has 68 valence electrons. The molecule has 1 aliphatic rings. The van der Waals surface area contributed by atoms with Crippen LogP contribution < -0.4 is 5.84 Å². The molecule has 0 fully saturated rings. The molecule has 2 rings (SSSR count).